The Morgan fingerprint density at radius 1 is 1.06 bits per heavy atom. The predicted octanol–water partition coefficient (Wildman–Crippen LogP) is 3.92. The smallest absolute Gasteiger partial charge is 0.370 e. The highest BCUT2D eigenvalue weighted by atomic mass is 19.4. The van der Waals surface area contributed by atoms with Gasteiger partial charge in [0.25, 0.3) is 6.43 Å². The summed E-state index contributed by atoms with van der Waals surface area (Å²) >= 11 is 0. The quantitative estimate of drug-likeness (QED) is 0.542. The predicted molar refractivity (Wildman–Crippen MR) is 111 cm³/mol. The van der Waals surface area contributed by atoms with E-state index in [-0.39, 0.29) is 5.41 Å². The lowest BCUT2D eigenvalue weighted by Gasteiger charge is -2.55. The van der Waals surface area contributed by atoms with Crippen LogP contribution < -0.4 is 9.80 Å². The standard InChI is InChI=1S/C21H22F5N7/c1-13-18-19(33(30-13)9-16(22)23)29-17(8-28-18)32-11-20(12-32)5-2-6-31(10-20)14-3-4-15(27-7-14)21(24,25)26/h3-4,7-8,16H,2,5-6,9-12H2,1H3. The third kappa shape index (κ3) is 4.06. The summed E-state index contributed by atoms with van der Waals surface area (Å²) in [6, 6.07) is 2.48. The summed E-state index contributed by atoms with van der Waals surface area (Å²) in [5, 5.41) is 4.13. The highest BCUT2D eigenvalue weighted by Gasteiger charge is 2.46. The van der Waals surface area contributed by atoms with E-state index in [1.807, 2.05) is 0 Å². The van der Waals surface area contributed by atoms with Crippen LogP contribution in [-0.2, 0) is 12.7 Å². The molecule has 0 bridgehead atoms. The number of hydrogen-bond donors (Lipinski definition) is 0. The van der Waals surface area contributed by atoms with Crippen molar-refractivity contribution in [2.45, 2.75) is 38.9 Å². The first-order valence-electron chi connectivity index (χ1n) is 10.7. The van der Waals surface area contributed by atoms with E-state index >= 15 is 0 Å². The molecule has 0 amide bonds. The molecule has 3 aromatic rings. The second-order valence-corrected chi connectivity index (χ2v) is 8.84. The number of hydrogen-bond acceptors (Lipinski definition) is 6. The molecule has 33 heavy (non-hydrogen) atoms. The van der Waals surface area contributed by atoms with Gasteiger partial charge in [0.15, 0.2) is 5.65 Å². The molecule has 1 spiro atoms. The molecule has 2 fully saturated rings. The Hall–Kier alpha value is -3.05. The van der Waals surface area contributed by atoms with Crippen LogP contribution in [0.1, 0.15) is 24.2 Å². The summed E-state index contributed by atoms with van der Waals surface area (Å²) in [6.45, 7) is 4.05. The minimum Gasteiger partial charge on any atom is -0.370 e. The fourth-order valence-electron chi connectivity index (χ4n) is 4.84. The summed E-state index contributed by atoms with van der Waals surface area (Å²) in [7, 11) is 0. The Balaban J connectivity index is 1.30. The fourth-order valence-corrected chi connectivity index (χ4v) is 4.84. The van der Waals surface area contributed by atoms with Gasteiger partial charge in [-0.2, -0.15) is 18.3 Å². The van der Waals surface area contributed by atoms with Gasteiger partial charge in [0, 0.05) is 31.6 Å². The van der Waals surface area contributed by atoms with Crippen LogP contribution in [-0.4, -0.2) is 57.3 Å². The topological polar surface area (TPSA) is 63.0 Å². The highest BCUT2D eigenvalue weighted by Crippen LogP contribution is 2.42. The van der Waals surface area contributed by atoms with E-state index in [2.05, 4.69) is 29.9 Å². The third-order valence-electron chi connectivity index (χ3n) is 6.35. The van der Waals surface area contributed by atoms with Crippen LogP contribution in [0, 0.1) is 12.3 Å². The van der Waals surface area contributed by atoms with Crippen molar-refractivity contribution >= 4 is 22.7 Å². The Morgan fingerprint density at radius 2 is 1.82 bits per heavy atom. The normalized spacial score (nSPS) is 18.4. The minimum atomic E-state index is -4.46. The van der Waals surface area contributed by atoms with E-state index in [9.17, 15) is 22.0 Å². The van der Waals surface area contributed by atoms with Crippen LogP contribution in [0.5, 0.6) is 0 Å². The molecule has 5 rings (SSSR count). The summed E-state index contributed by atoms with van der Waals surface area (Å²) in [4.78, 5) is 16.7. The SMILES string of the molecule is Cc1nn(CC(F)F)c2nc(N3CC4(CCCN(c5ccc(C(F)(F)F)nc5)C4)C3)cnc12. The minimum absolute atomic E-state index is 0.0171. The second kappa shape index (κ2) is 7.77. The number of fused-ring (bicyclic) bond motifs is 1. The molecule has 0 aromatic carbocycles. The number of aryl methyl sites for hydroxylation is 1. The van der Waals surface area contributed by atoms with Crippen molar-refractivity contribution in [2.24, 2.45) is 5.41 Å². The van der Waals surface area contributed by atoms with Crippen LogP contribution in [0.2, 0.25) is 0 Å². The first-order chi connectivity index (χ1) is 15.6. The average Bonchev–Trinajstić information content (AvgIpc) is 3.05. The molecule has 12 heteroatoms. The van der Waals surface area contributed by atoms with Gasteiger partial charge < -0.3 is 9.80 Å². The van der Waals surface area contributed by atoms with Gasteiger partial charge in [-0.1, -0.05) is 0 Å². The van der Waals surface area contributed by atoms with E-state index in [1.165, 1.54) is 16.9 Å². The number of piperidine rings is 1. The zero-order valence-electron chi connectivity index (χ0n) is 17.9. The number of aromatic nitrogens is 5. The molecule has 176 valence electrons. The Labute approximate surface area is 186 Å². The van der Waals surface area contributed by atoms with Crippen LogP contribution in [0.15, 0.2) is 24.5 Å². The van der Waals surface area contributed by atoms with Gasteiger partial charge in [-0.05, 0) is 31.9 Å². The fraction of sp³-hybridized carbons (Fsp3) is 0.524. The Bertz CT molecular complexity index is 1150. The molecule has 2 saturated heterocycles. The monoisotopic (exact) mass is 467 g/mol. The molecule has 7 nitrogen and oxygen atoms in total. The van der Waals surface area contributed by atoms with Crippen molar-refractivity contribution in [2.75, 3.05) is 36.0 Å². The number of rotatable bonds is 4. The van der Waals surface area contributed by atoms with Crippen LogP contribution in [0.25, 0.3) is 11.2 Å². The lowest BCUT2D eigenvalue weighted by molar-refractivity contribution is -0.141. The van der Waals surface area contributed by atoms with Gasteiger partial charge in [0.2, 0.25) is 0 Å². The zero-order valence-corrected chi connectivity index (χ0v) is 17.9. The Morgan fingerprint density at radius 3 is 2.48 bits per heavy atom. The van der Waals surface area contributed by atoms with E-state index in [0.29, 0.717) is 48.0 Å². The maximum Gasteiger partial charge on any atom is 0.433 e. The van der Waals surface area contributed by atoms with Crippen molar-refractivity contribution < 1.29 is 22.0 Å². The molecular formula is C21H22F5N7. The van der Waals surface area contributed by atoms with E-state index in [4.69, 9.17) is 0 Å². The van der Waals surface area contributed by atoms with Crippen LogP contribution in [0.3, 0.4) is 0 Å². The maximum absolute atomic E-state index is 12.9. The zero-order chi connectivity index (χ0) is 23.4. The number of alkyl halides is 5. The molecule has 5 heterocycles. The van der Waals surface area contributed by atoms with E-state index in [0.717, 1.165) is 25.5 Å². The van der Waals surface area contributed by atoms with Crippen molar-refractivity contribution in [1.82, 2.24) is 24.7 Å². The van der Waals surface area contributed by atoms with Gasteiger partial charge in [-0.25, -0.2) is 28.4 Å². The number of halogens is 5. The van der Waals surface area contributed by atoms with Crippen LogP contribution >= 0.6 is 0 Å². The first kappa shape index (κ1) is 21.8. The lowest BCUT2D eigenvalue weighted by Crippen LogP contribution is -2.63. The number of nitrogens with zero attached hydrogens (tertiary/aromatic N) is 7. The van der Waals surface area contributed by atoms with Crippen molar-refractivity contribution in [3.63, 3.8) is 0 Å². The highest BCUT2D eigenvalue weighted by molar-refractivity contribution is 5.75. The molecule has 0 aliphatic carbocycles. The number of pyridine rings is 1. The maximum atomic E-state index is 12.9. The van der Waals surface area contributed by atoms with Crippen molar-refractivity contribution in [3.05, 3.63) is 35.9 Å². The molecule has 0 unspecified atom stereocenters. The van der Waals surface area contributed by atoms with E-state index in [1.54, 1.807) is 13.1 Å². The summed E-state index contributed by atoms with van der Waals surface area (Å²) in [5.41, 5.74) is 1.16. The molecule has 2 aliphatic heterocycles. The van der Waals surface area contributed by atoms with Gasteiger partial charge in [0.1, 0.15) is 23.6 Å². The molecule has 0 N–H and O–H groups in total. The lowest BCUT2D eigenvalue weighted by atomic mass is 9.73. The third-order valence-corrected chi connectivity index (χ3v) is 6.35. The number of anilines is 2. The van der Waals surface area contributed by atoms with Gasteiger partial charge in [-0.3, -0.25) is 0 Å². The molecule has 0 saturated carbocycles. The molecule has 0 radical (unpaired) electrons. The average molecular weight is 467 g/mol. The molecule has 3 aromatic heterocycles. The summed E-state index contributed by atoms with van der Waals surface area (Å²) in [6.07, 6.45) is -2.17. The van der Waals surface area contributed by atoms with Crippen molar-refractivity contribution in [3.8, 4) is 0 Å². The summed E-state index contributed by atoms with van der Waals surface area (Å²) in [5.74, 6) is 0.608. The molecule has 0 atom stereocenters. The van der Waals surface area contributed by atoms with Gasteiger partial charge in [0.05, 0.1) is 23.8 Å². The van der Waals surface area contributed by atoms with Crippen molar-refractivity contribution in [1.29, 1.82) is 0 Å². The largest absolute Gasteiger partial charge is 0.433 e. The first-order valence-corrected chi connectivity index (χ1v) is 10.7. The molecular weight excluding hydrogens is 445 g/mol. The summed E-state index contributed by atoms with van der Waals surface area (Å²) < 4.78 is 65.4. The Kier molecular flexibility index (Phi) is 5.13. The van der Waals surface area contributed by atoms with Crippen LogP contribution in [0.4, 0.5) is 33.5 Å². The van der Waals surface area contributed by atoms with Gasteiger partial charge in [-0.15, -0.1) is 0 Å². The second-order valence-electron chi connectivity index (χ2n) is 8.84. The molecule has 2 aliphatic rings. The van der Waals surface area contributed by atoms with E-state index < -0.39 is 24.8 Å². The van der Waals surface area contributed by atoms with Gasteiger partial charge >= 0.3 is 6.18 Å².